The summed E-state index contributed by atoms with van der Waals surface area (Å²) >= 11 is 0. The average molecular weight is 195 g/mol. The van der Waals surface area contributed by atoms with Crippen molar-refractivity contribution in [3.8, 4) is 0 Å². The number of guanidine groups is 1. The smallest absolute Gasteiger partial charge is 0.244 e. The number of fused-ring (bicyclic) bond motifs is 1. The highest BCUT2D eigenvalue weighted by atomic mass is 16.2. The molecule has 1 saturated heterocycles. The van der Waals surface area contributed by atoms with Crippen molar-refractivity contribution in [1.82, 2.24) is 10.2 Å². The molecule has 2 aliphatic rings. The average Bonchev–Trinajstić information content (AvgIpc) is 2.15. The van der Waals surface area contributed by atoms with E-state index in [0.717, 1.165) is 6.42 Å². The molecule has 0 bridgehead atoms. The fourth-order valence-electron chi connectivity index (χ4n) is 1.60. The van der Waals surface area contributed by atoms with Gasteiger partial charge in [-0.15, -0.1) is 0 Å². The maximum absolute atomic E-state index is 11.9. The van der Waals surface area contributed by atoms with E-state index in [1.807, 2.05) is 0 Å². The molecule has 1 fully saturated rings. The van der Waals surface area contributed by atoms with Gasteiger partial charge in [0.2, 0.25) is 17.8 Å². The van der Waals surface area contributed by atoms with Gasteiger partial charge in [0.25, 0.3) is 0 Å². The zero-order valence-corrected chi connectivity index (χ0v) is 8.33. The molecule has 2 heterocycles. The second-order valence-electron chi connectivity index (χ2n) is 4.09. The van der Waals surface area contributed by atoms with Gasteiger partial charge in [0.05, 0.1) is 0 Å². The lowest BCUT2D eigenvalue weighted by Gasteiger charge is -2.38. The zero-order valence-electron chi connectivity index (χ0n) is 8.33. The van der Waals surface area contributed by atoms with E-state index >= 15 is 0 Å². The second kappa shape index (κ2) is 2.80. The Hall–Kier alpha value is -1.39. The third kappa shape index (κ3) is 1.12. The number of rotatable bonds is 0. The van der Waals surface area contributed by atoms with E-state index in [-0.39, 0.29) is 11.8 Å². The van der Waals surface area contributed by atoms with Gasteiger partial charge in [-0.3, -0.25) is 24.8 Å². The summed E-state index contributed by atoms with van der Waals surface area (Å²) in [7, 11) is 0. The number of nitrogens with zero attached hydrogens (tertiary/aromatic N) is 2. The maximum atomic E-state index is 11.9. The van der Waals surface area contributed by atoms with Gasteiger partial charge in [0, 0.05) is 13.1 Å². The number of carbonyl (C=O) groups is 2. The lowest BCUT2D eigenvalue weighted by molar-refractivity contribution is -0.148. The summed E-state index contributed by atoms with van der Waals surface area (Å²) in [5.41, 5.74) is -0.962. The highest BCUT2D eigenvalue weighted by Gasteiger charge is 2.46. The molecule has 0 aliphatic carbocycles. The van der Waals surface area contributed by atoms with E-state index in [1.54, 1.807) is 18.7 Å². The summed E-state index contributed by atoms with van der Waals surface area (Å²) in [6, 6.07) is 0. The number of aliphatic imine (C=N–C) groups is 1. The van der Waals surface area contributed by atoms with Crippen LogP contribution in [0.3, 0.4) is 0 Å². The summed E-state index contributed by atoms with van der Waals surface area (Å²) in [5.74, 6) is 0.00433. The third-order valence-electron chi connectivity index (χ3n) is 2.63. The molecule has 2 aliphatic heterocycles. The molecular formula is C9H13N3O2. The van der Waals surface area contributed by atoms with Crippen LogP contribution < -0.4 is 5.32 Å². The van der Waals surface area contributed by atoms with Gasteiger partial charge in [0.1, 0.15) is 5.41 Å². The molecule has 2 rings (SSSR count). The van der Waals surface area contributed by atoms with E-state index in [2.05, 4.69) is 10.3 Å². The number of nitrogens with one attached hydrogen (secondary N) is 1. The molecular weight excluding hydrogens is 182 g/mol. The van der Waals surface area contributed by atoms with E-state index in [9.17, 15) is 9.59 Å². The first-order chi connectivity index (χ1) is 6.53. The normalized spacial score (nSPS) is 25.3. The van der Waals surface area contributed by atoms with Crippen molar-refractivity contribution in [1.29, 1.82) is 0 Å². The van der Waals surface area contributed by atoms with Crippen LogP contribution in [0.1, 0.15) is 20.3 Å². The lowest BCUT2D eigenvalue weighted by atomic mass is 9.88. The molecule has 0 aromatic heterocycles. The van der Waals surface area contributed by atoms with Crippen molar-refractivity contribution in [3.05, 3.63) is 0 Å². The van der Waals surface area contributed by atoms with E-state index in [4.69, 9.17) is 0 Å². The summed E-state index contributed by atoms with van der Waals surface area (Å²) < 4.78 is 0. The first kappa shape index (κ1) is 9.18. The Morgan fingerprint density at radius 1 is 1.43 bits per heavy atom. The van der Waals surface area contributed by atoms with Crippen LogP contribution in [0.2, 0.25) is 0 Å². The van der Waals surface area contributed by atoms with Crippen molar-refractivity contribution in [2.45, 2.75) is 20.3 Å². The molecule has 5 heteroatoms. The van der Waals surface area contributed by atoms with Crippen LogP contribution in [-0.2, 0) is 9.59 Å². The standard InChI is InChI=1S/C9H13N3O2/c1-9(2)6(13)11-8-10-4-3-5-12(8)7(9)14/h3-5H2,1-2H3,(H,10,11,13). The van der Waals surface area contributed by atoms with Gasteiger partial charge in [-0.05, 0) is 20.3 Å². The second-order valence-corrected chi connectivity index (χ2v) is 4.09. The Morgan fingerprint density at radius 2 is 2.14 bits per heavy atom. The Labute approximate surface area is 82.2 Å². The number of hydrogen-bond donors (Lipinski definition) is 1. The molecule has 2 amide bonds. The van der Waals surface area contributed by atoms with Gasteiger partial charge >= 0.3 is 0 Å². The van der Waals surface area contributed by atoms with Crippen LogP contribution in [-0.4, -0.2) is 35.8 Å². The minimum atomic E-state index is -0.962. The van der Waals surface area contributed by atoms with E-state index in [0.29, 0.717) is 19.0 Å². The Kier molecular flexibility index (Phi) is 1.83. The van der Waals surface area contributed by atoms with Crippen LogP contribution in [0.25, 0.3) is 0 Å². The Morgan fingerprint density at radius 3 is 2.86 bits per heavy atom. The monoisotopic (exact) mass is 195 g/mol. The molecule has 76 valence electrons. The van der Waals surface area contributed by atoms with Crippen molar-refractivity contribution in [3.63, 3.8) is 0 Å². The van der Waals surface area contributed by atoms with Crippen LogP contribution in [0.4, 0.5) is 0 Å². The quantitative estimate of drug-likeness (QED) is 0.541. The van der Waals surface area contributed by atoms with Crippen molar-refractivity contribution < 1.29 is 9.59 Å². The van der Waals surface area contributed by atoms with E-state index < -0.39 is 5.41 Å². The topological polar surface area (TPSA) is 61.8 Å². The fourth-order valence-corrected chi connectivity index (χ4v) is 1.60. The third-order valence-corrected chi connectivity index (χ3v) is 2.63. The molecule has 0 atom stereocenters. The molecule has 1 N–H and O–H groups in total. The molecule has 0 unspecified atom stereocenters. The molecule has 0 saturated carbocycles. The van der Waals surface area contributed by atoms with Gasteiger partial charge < -0.3 is 0 Å². The number of hydrogen-bond acceptors (Lipinski definition) is 3. The van der Waals surface area contributed by atoms with Gasteiger partial charge in [-0.25, -0.2) is 0 Å². The molecule has 5 nitrogen and oxygen atoms in total. The van der Waals surface area contributed by atoms with Crippen molar-refractivity contribution in [2.75, 3.05) is 13.1 Å². The summed E-state index contributed by atoms with van der Waals surface area (Å²) in [6.07, 6.45) is 0.862. The summed E-state index contributed by atoms with van der Waals surface area (Å²) in [4.78, 5) is 29.1. The van der Waals surface area contributed by atoms with Crippen molar-refractivity contribution >= 4 is 17.8 Å². The van der Waals surface area contributed by atoms with E-state index in [1.165, 1.54) is 0 Å². The molecule has 0 spiro atoms. The first-order valence-corrected chi connectivity index (χ1v) is 4.71. The highest BCUT2D eigenvalue weighted by Crippen LogP contribution is 2.24. The largest absolute Gasteiger partial charge is 0.295 e. The molecule has 0 aromatic carbocycles. The van der Waals surface area contributed by atoms with Crippen LogP contribution >= 0.6 is 0 Å². The number of carbonyl (C=O) groups excluding carboxylic acids is 2. The van der Waals surface area contributed by atoms with Crippen LogP contribution in [0.15, 0.2) is 4.99 Å². The number of amides is 2. The van der Waals surface area contributed by atoms with Crippen LogP contribution in [0.5, 0.6) is 0 Å². The van der Waals surface area contributed by atoms with Gasteiger partial charge in [-0.2, -0.15) is 0 Å². The predicted molar refractivity (Wildman–Crippen MR) is 50.6 cm³/mol. The molecule has 0 radical (unpaired) electrons. The Balaban J connectivity index is 2.37. The maximum Gasteiger partial charge on any atom is 0.244 e. The van der Waals surface area contributed by atoms with Crippen LogP contribution in [0, 0.1) is 5.41 Å². The summed E-state index contributed by atoms with van der Waals surface area (Å²) in [5, 5.41) is 2.66. The summed E-state index contributed by atoms with van der Waals surface area (Å²) in [6.45, 7) is 4.60. The Bertz CT molecular complexity index is 333. The van der Waals surface area contributed by atoms with Gasteiger partial charge in [0.15, 0.2) is 0 Å². The first-order valence-electron chi connectivity index (χ1n) is 4.71. The SMILES string of the molecule is CC1(C)C(=O)NC2=NCCCN2C1=O. The van der Waals surface area contributed by atoms with Gasteiger partial charge in [-0.1, -0.05) is 0 Å². The predicted octanol–water partition coefficient (Wildman–Crippen LogP) is -0.269. The fraction of sp³-hybridized carbons (Fsp3) is 0.667. The minimum absolute atomic E-state index is 0.153. The molecule has 0 aromatic rings. The highest BCUT2D eigenvalue weighted by molar-refractivity contribution is 6.19. The van der Waals surface area contributed by atoms with Crippen molar-refractivity contribution in [2.24, 2.45) is 10.4 Å². The molecule has 14 heavy (non-hydrogen) atoms. The zero-order chi connectivity index (χ0) is 10.3. The minimum Gasteiger partial charge on any atom is -0.295 e. The lowest BCUT2D eigenvalue weighted by Crippen LogP contribution is -2.63.